The lowest BCUT2D eigenvalue weighted by Gasteiger charge is -2.29. The van der Waals surface area contributed by atoms with Gasteiger partial charge in [0.1, 0.15) is 36.7 Å². The molecule has 16 heteroatoms. The predicted molar refractivity (Wildman–Crippen MR) is 141 cm³/mol. The molecule has 6 atom stereocenters. The number of imidazole rings is 1. The summed E-state index contributed by atoms with van der Waals surface area (Å²) in [4.78, 5) is 20.4. The number of nitrogens with one attached hydrogen (secondary N) is 1. The number of nitrogens with two attached hydrogens (primary N) is 2. The van der Waals surface area contributed by atoms with Gasteiger partial charge in [0.25, 0.3) is 0 Å². The maximum atomic E-state index is 13.9. The second-order valence-electron chi connectivity index (χ2n) is 9.29. The van der Waals surface area contributed by atoms with Crippen molar-refractivity contribution in [3.63, 3.8) is 0 Å². The molecule has 1 aromatic carbocycles. The van der Waals surface area contributed by atoms with Gasteiger partial charge in [-0.1, -0.05) is 24.1 Å². The first kappa shape index (κ1) is 29.2. The monoisotopic (exact) mass is 575 g/mol. The van der Waals surface area contributed by atoms with Gasteiger partial charge >= 0.3 is 13.7 Å². The van der Waals surface area contributed by atoms with Crippen LogP contribution in [-0.4, -0.2) is 72.3 Å². The minimum atomic E-state index is -4.37. The summed E-state index contributed by atoms with van der Waals surface area (Å²) in [6, 6.07) is 6.93. The second-order valence-corrected chi connectivity index (χ2v) is 11.0. The number of hydrogen-bond acceptors (Lipinski definition) is 13. The molecule has 0 saturated carbocycles. The lowest BCUT2D eigenvalue weighted by atomic mass is 9.96. The largest absolute Gasteiger partial charge is 0.462 e. The fraction of sp³-hybridized carbons (Fsp3) is 0.417. The third-order valence-corrected chi connectivity index (χ3v) is 7.51. The zero-order valence-electron chi connectivity index (χ0n) is 21.9. The summed E-state index contributed by atoms with van der Waals surface area (Å²) in [5, 5.41) is 28.5. The van der Waals surface area contributed by atoms with Crippen molar-refractivity contribution in [3.8, 4) is 18.1 Å². The van der Waals surface area contributed by atoms with Gasteiger partial charge in [-0.05, 0) is 32.9 Å². The number of aromatic nitrogens is 4. The number of fused-ring (bicyclic) bond motifs is 1. The zero-order chi connectivity index (χ0) is 29.2. The molecule has 4 rings (SSSR count). The van der Waals surface area contributed by atoms with Gasteiger partial charge in [0.15, 0.2) is 17.1 Å². The fourth-order valence-corrected chi connectivity index (χ4v) is 5.49. The topological polar surface area (TPSA) is 219 Å². The number of nitrogen functional groups attached to an aromatic ring is 2. The highest BCUT2D eigenvalue weighted by Crippen LogP contribution is 2.48. The van der Waals surface area contributed by atoms with Gasteiger partial charge in [-0.3, -0.25) is 9.32 Å². The number of aliphatic hydroxyl groups is 2. The van der Waals surface area contributed by atoms with Crippen molar-refractivity contribution in [2.45, 2.75) is 56.8 Å². The Labute approximate surface area is 229 Å². The number of para-hydroxylation sites is 1. The van der Waals surface area contributed by atoms with Crippen LogP contribution in [0.1, 0.15) is 32.6 Å². The van der Waals surface area contributed by atoms with Gasteiger partial charge in [0.2, 0.25) is 5.95 Å². The molecule has 1 saturated heterocycles. The van der Waals surface area contributed by atoms with E-state index in [-0.39, 0.29) is 28.9 Å². The minimum Gasteiger partial charge on any atom is -0.462 e. The average Bonchev–Trinajstić information content (AvgIpc) is 3.42. The molecule has 0 bridgehead atoms. The van der Waals surface area contributed by atoms with Crippen molar-refractivity contribution >= 4 is 31.1 Å². The SMILES string of the molecule is C#C[C@]1(CO[P@@](=O)(N[C@@H](C)C(=O)OC(C)C)Oc2ccccc2)O[C@@H](c2cnc3c(N)nc(N)nn23)[C@@H](O)C1O. The Balaban J connectivity index is 1.61. The summed E-state index contributed by atoms with van der Waals surface area (Å²) >= 11 is 0. The number of esters is 1. The number of hydrogen-bond donors (Lipinski definition) is 5. The van der Waals surface area contributed by atoms with Crippen LogP contribution in [0.2, 0.25) is 0 Å². The molecule has 1 fully saturated rings. The molecule has 0 spiro atoms. The van der Waals surface area contributed by atoms with E-state index < -0.39 is 56.4 Å². The van der Waals surface area contributed by atoms with E-state index >= 15 is 0 Å². The molecule has 214 valence electrons. The van der Waals surface area contributed by atoms with Crippen molar-refractivity contribution in [1.82, 2.24) is 24.7 Å². The number of carbonyl (C=O) groups is 1. The van der Waals surface area contributed by atoms with E-state index in [1.54, 1.807) is 32.0 Å². The Morgan fingerprint density at radius 1 is 1.30 bits per heavy atom. The molecule has 40 heavy (non-hydrogen) atoms. The van der Waals surface area contributed by atoms with Gasteiger partial charge in [0.05, 0.1) is 18.0 Å². The highest BCUT2D eigenvalue weighted by atomic mass is 31.2. The lowest BCUT2D eigenvalue weighted by molar-refractivity contribution is -0.149. The highest BCUT2D eigenvalue weighted by Gasteiger charge is 2.56. The molecule has 3 heterocycles. The Morgan fingerprint density at radius 3 is 2.65 bits per heavy atom. The first-order valence-electron chi connectivity index (χ1n) is 12.1. The molecule has 2 aromatic heterocycles. The third-order valence-electron chi connectivity index (χ3n) is 5.89. The summed E-state index contributed by atoms with van der Waals surface area (Å²) < 4.78 is 37.4. The van der Waals surface area contributed by atoms with E-state index in [2.05, 4.69) is 26.1 Å². The van der Waals surface area contributed by atoms with Gasteiger partial charge < -0.3 is 35.7 Å². The van der Waals surface area contributed by atoms with Gasteiger partial charge in [-0.25, -0.2) is 14.1 Å². The van der Waals surface area contributed by atoms with Crippen molar-refractivity contribution in [1.29, 1.82) is 0 Å². The van der Waals surface area contributed by atoms with Crippen molar-refractivity contribution < 1.29 is 38.1 Å². The number of aliphatic hydroxyl groups excluding tert-OH is 2. The second kappa shape index (κ2) is 11.4. The summed E-state index contributed by atoms with van der Waals surface area (Å²) in [7, 11) is -4.37. The number of ether oxygens (including phenoxy) is 2. The van der Waals surface area contributed by atoms with Crippen LogP contribution in [0.4, 0.5) is 11.8 Å². The molecule has 0 radical (unpaired) electrons. The van der Waals surface area contributed by atoms with E-state index in [0.717, 1.165) is 0 Å². The maximum absolute atomic E-state index is 13.9. The predicted octanol–water partition coefficient (Wildman–Crippen LogP) is 0.587. The molecule has 1 unspecified atom stereocenters. The maximum Gasteiger partial charge on any atom is 0.459 e. The number of rotatable bonds is 10. The molecule has 15 nitrogen and oxygen atoms in total. The van der Waals surface area contributed by atoms with Crippen LogP contribution in [0.5, 0.6) is 5.75 Å². The van der Waals surface area contributed by atoms with E-state index in [1.807, 2.05) is 0 Å². The van der Waals surface area contributed by atoms with E-state index in [4.69, 9.17) is 36.4 Å². The van der Waals surface area contributed by atoms with Crippen molar-refractivity contribution in [2.75, 3.05) is 18.1 Å². The minimum absolute atomic E-state index is 0.0199. The standard InChI is InChI=1S/C24H30N7O8P/c1-5-24(19(33)17(32)18(38-24)16-11-27-21-20(25)28-23(26)29-31(16)21)12-36-40(35,39-15-9-7-6-8-10-15)30-14(4)22(34)37-13(2)3/h1,6-11,13-14,17-19,32-33H,12H2,2-4H3,(H,30,35)(H4,25,26,28,29)/t14-,17+,18-,19?,24+,40-/m0/s1. The summed E-state index contributed by atoms with van der Waals surface area (Å²) in [5.41, 5.74) is 9.83. The number of nitrogens with zero attached hydrogens (tertiary/aromatic N) is 4. The molecular formula is C24H30N7O8P. The number of carbonyl (C=O) groups excluding carboxylic acids is 1. The summed E-state index contributed by atoms with van der Waals surface area (Å²) in [5.74, 6) is 1.56. The highest BCUT2D eigenvalue weighted by molar-refractivity contribution is 7.52. The van der Waals surface area contributed by atoms with Gasteiger partial charge in [0, 0.05) is 0 Å². The zero-order valence-corrected chi connectivity index (χ0v) is 22.8. The Morgan fingerprint density at radius 2 is 2.00 bits per heavy atom. The van der Waals surface area contributed by atoms with Crippen LogP contribution < -0.4 is 21.1 Å². The van der Waals surface area contributed by atoms with Crippen LogP contribution in [-0.2, 0) is 23.4 Å². The molecule has 0 amide bonds. The van der Waals surface area contributed by atoms with Crippen LogP contribution in [0, 0.1) is 12.3 Å². The fourth-order valence-electron chi connectivity index (χ4n) is 3.97. The van der Waals surface area contributed by atoms with Crippen LogP contribution in [0.3, 0.4) is 0 Å². The van der Waals surface area contributed by atoms with E-state index in [1.165, 1.54) is 29.8 Å². The first-order chi connectivity index (χ1) is 18.9. The Bertz CT molecular complexity index is 1460. The number of benzene rings is 1. The lowest BCUT2D eigenvalue weighted by Crippen LogP contribution is -2.46. The Hall–Kier alpha value is -3.77. The average molecular weight is 576 g/mol. The van der Waals surface area contributed by atoms with Crippen LogP contribution in [0.25, 0.3) is 5.65 Å². The van der Waals surface area contributed by atoms with E-state index in [9.17, 15) is 19.6 Å². The Kier molecular flexibility index (Phi) is 8.31. The molecule has 1 aliphatic heterocycles. The molecule has 7 N–H and O–H groups in total. The van der Waals surface area contributed by atoms with Gasteiger partial charge in [-0.15, -0.1) is 11.5 Å². The summed E-state index contributed by atoms with van der Waals surface area (Å²) in [6.07, 6.45) is 2.03. The number of anilines is 2. The van der Waals surface area contributed by atoms with Crippen molar-refractivity contribution in [2.24, 2.45) is 0 Å². The number of terminal acetylenes is 1. The first-order valence-corrected chi connectivity index (χ1v) is 13.7. The molecule has 0 aliphatic carbocycles. The van der Waals surface area contributed by atoms with Gasteiger partial charge in [-0.2, -0.15) is 10.1 Å². The third kappa shape index (κ3) is 5.87. The van der Waals surface area contributed by atoms with E-state index in [0.29, 0.717) is 0 Å². The molecule has 3 aromatic rings. The normalized spacial score (nSPS) is 24.9. The van der Waals surface area contributed by atoms with Crippen molar-refractivity contribution in [3.05, 3.63) is 42.2 Å². The summed E-state index contributed by atoms with van der Waals surface area (Å²) in [6.45, 7) is 4.02. The smallest absolute Gasteiger partial charge is 0.459 e. The van der Waals surface area contributed by atoms with Crippen LogP contribution >= 0.6 is 7.75 Å². The quantitative estimate of drug-likeness (QED) is 0.127. The molecular weight excluding hydrogens is 545 g/mol. The molecule has 1 aliphatic rings. The van der Waals surface area contributed by atoms with Crippen LogP contribution in [0.15, 0.2) is 36.5 Å².